The van der Waals surface area contributed by atoms with Crippen LogP contribution in [0.3, 0.4) is 0 Å². The Bertz CT molecular complexity index is 794. The van der Waals surface area contributed by atoms with Crippen molar-refractivity contribution in [2.75, 3.05) is 11.1 Å². The molecule has 1 fully saturated rings. The Morgan fingerprint density at radius 1 is 1.38 bits per heavy atom. The predicted molar refractivity (Wildman–Crippen MR) is 117 cm³/mol. The van der Waals surface area contributed by atoms with Crippen LogP contribution in [0.25, 0.3) is 10.2 Å². The quantitative estimate of drug-likeness (QED) is 0.716. The van der Waals surface area contributed by atoms with Crippen LogP contribution in [-0.2, 0) is 11.2 Å². The molecule has 0 spiro atoms. The van der Waals surface area contributed by atoms with Gasteiger partial charge in [0.15, 0.2) is 5.13 Å². The highest BCUT2D eigenvalue weighted by atomic mass is 32.2. The van der Waals surface area contributed by atoms with Gasteiger partial charge in [-0.15, -0.1) is 0 Å². The molecule has 1 aromatic carbocycles. The number of thioether (sulfide) groups is 1. The van der Waals surface area contributed by atoms with Crippen LogP contribution in [0, 0.1) is 0 Å². The Balaban J connectivity index is 1.56. The van der Waals surface area contributed by atoms with Gasteiger partial charge in [0.25, 0.3) is 0 Å². The average Bonchev–Trinajstić information content (AvgIpc) is 3.00. The highest BCUT2D eigenvalue weighted by molar-refractivity contribution is 8.23. The fraction of sp³-hybridized carbons (Fsp3) is 0.526. The minimum atomic E-state index is -0.0514. The second-order valence-electron chi connectivity index (χ2n) is 6.81. The van der Waals surface area contributed by atoms with E-state index in [2.05, 4.69) is 48.1 Å². The molecule has 2 atom stereocenters. The molecule has 1 aliphatic heterocycles. The molecule has 0 aliphatic carbocycles. The minimum absolute atomic E-state index is 0.0514. The summed E-state index contributed by atoms with van der Waals surface area (Å²) in [7, 11) is 0. The van der Waals surface area contributed by atoms with Gasteiger partial charge in [0.05, 0.1) is 16.0 Å². The SMILES string of the molecule is CCc1ccc2nc(NC(=O)CSC(=S)N3[C@H](C)CCC[C@H]3C)sc2c1. The van der Waals surface area contributed by atoms with E-state index in [1.165, 1.54) is 47.9 Å². The molecule has 4 nitrogen and oxygen atoms in total. The number of piperidine rings is 1. The number of nitrogens with one attached hydrogen (secondary N) is 1. The lowest BCUT2D eigenvalue weighted by Gasteiger charge is -2.40. The highest BCUT2D eigenvalue weighted by Crippen LogP contribution is 2.28. The Hall–Kier alpha value is -1.18. The first kappa shape index (κ1) is 19.6. The zero-order chi connectivity index (χ0) is 18.7. The summed E-state index contributed by atoms with van der Waals surface area (Å²) in [5.41, 5.74) is 2.21. The van der Waals surface area contributed by atoms with E-state index < -0.39 is 0 Å². The Kier molecular flexibility index (Phi) is 6.53. The van der Waals surface area contributed by atoms with Crippen molar-refractivity contribution in [3.8, 4) is 0 Å². The molecular weight excluding hydrogens is 382 g/mol. The molecular formula is C19H25N3OS3. The molecule has 2 aromatic rings. The molecule has 0 bridgehead atoms. The molecule has 1 aromatic heterocycles. The highest BCUT2D eigenvalue weighted by Gasteiger charge is 2.27. The molecule has 0 unspecified atom stereocenters. The molecule has 2 heterocycles. The number of benzene rings is 1. The smallest absolute Gasteiger partial charge is 0.236 e. The molecule has 1 N–H and O–H groups in total. The van der Waals surface area contributed by atoms with Crippen LogP contribution in [0.2, 0.25) is 0 Å². The normalized spacial score (nSPS) is 20.3. The van der Waals surface area contributed by atoms with Crippen molar-refractivity contribution >= 4 is 60.9 Å². The van der Waals surface area contributed by atoms with Gasteiger partial charge in [-0.3, -0.25) is 4.79 Å². The summed E-state index contributed by atoms with van der Waals surface area (Å²) < 4.78 is 1.94. The van der Waals surface area contributed by atoms with Crippen LogP contribution < -0.4 is 5.32 Å². The number of amides is 1. The number of thiocarbonyl (C=S) groups is 1. The molecule has 1 amide bonds. The zero-order valence-corrected chi connectivity index (χ0v) is 17.9. The van der Waals surface area contributed by atoms with Crippen LogP contribution >= 0.6 is 35.3 Å². The van der Waals surface area contributed by atoms with E-state index in [0.717, 1.165) is 21.0 Å². The summed E-state index contributed by atoms with van der Waals surface area (Å²) in [5, 5.41) is 3.58. The molecule has 1 saturated heterocycles. The van der Waals surface area contributed by atoms with Gasteiger partial charge in [-0.1, -0.05) is 48.3 Å². The van der Waals surface area contributed by atoms with Gasteiger partial charge in [-0.25, -0.2) is 4.98 Å². The van der Waals surface area contributed by atoms with E-state index >= 15 is 0 Å². The van der Waals surface area contributed by atoms with Crippen molar-refractivity contribution < 1.29 is 4.79 Å². The summed E-state index contributed by atoms with van der Waals surface area (Å²) >= 11 is 8.56. The van der Waals surface area contributed by atoms with Crippen molar-refractivity contribution in [2.24, 2.45) is 0 Å². The predicted octanol–water partition coefficient (Wildman–Crippen LogP) is 5.08. The number of fused-ring (bicyclic) bond motifs is 1. The van der Waals surface area contributed by atoms with Gasteiger partial charge in [0.2, 0.25) is 5.91 Å². The van der Waals surface area contributed by atoms with Gasteiger partial charge in [0, 0.05) is 12.1 Å². The van der Waals surface area contributed by atoms with Crippen molar-refractivity contribution in [2.45, 2.75) is 58.5 Å². The minimum Gasteiger partial charge on any atom is -0.352 e. The maximum atomic E-state index is 12.3. The fourth-order valence-corrected chi connectivity index (χ4v) is 5.70. The molecule has 140 valence electrons. The van der Waals surface area contributed by atoms with Crippen molar-refractivity contribution in [1.82, 2.24) is 9.88 Å². The van der Waals surface area contributed by atoms with Crippen LogP contribution in [0.1, 0.15) is 45.6 Å². The maximum Gasteiger partial charge on any atom is 0.236 e. The molecule has 0 saturated carbocycles. The lowest BCUT2D eigenvalue weighted by Crippen LogP contribution is -2.45. The average molecular weight is 408 g/mol. The summed E-state index contributed by atoms with van der Waals surface area (Å²) in [6.07, 6.45) is 4.59. The number of carbonyl (C=O) groups excluding carboxylic acids is 1. The third-order valence-electron chi connectivity index (χ3n) is 4.84. The first-order chi connectivity index (χ1) is 12.5. The van der Waals surface area contributed by atoms with E-state index in [4.69, 9.17) is 12.2 Å². The standard InChI is InChI=1S/C19H25N3OS3/c1-4-14-8-9-15-16(10-14)26-18(20-15)21-17(23)11-25-19(24)22-12(2)6-5-7-13(22)3/h8-10,12-13H,4-7,11H2,1-3H3,(H,20,21,23)/t12-,13-/m1/s1. The number of thiazole rings is 1. The first-order valence-electron chi connectivity index (χ1n) is 9.12. The number of aryl methyl sites for hydroxylation is 1. The van der Waals surface area contributed by atoms with Crippen molar-refractivity contribution in [3.63, 3.8) is 0 Å². The van der Waals surface area contributed by atoms with Gasteiger partial charge in [-0.05, 0) is 57.2 Å². The molecule has 3 rings (SSSR count). The van der Waals surface area contributed by atoms with E-state index in [1.807, 2.05) is 6.07 Å². The largest absolute Gasteiger partial charge is 0.352 e. The lowest BCUT2D eigenvalue weighted by molar-refractivity contribution is -0.113. The van der Waals surface area contributed by atoms with Crippen LogP contribution in [0.4, 0.5) is 5.13 Å². The van der Waals surface area contributed by atoms with E-state index in [-0.39, 0.29) is 5.91 Å². The van der Waals surface area contributed by atoms with Gasteiger partial charge in [0.1, 0.15) is 4.32 Å². The molecule has 0 radical (unpaired) electrons. The fourth-order valence-electron chi connectivity index (χ4n) is 3.38. The summed E-state index contributed by atoms with van der Waals surface area (Å²) in [6.45, 7) is 6.57. The van der Waals surface area contributed by atoms with E-state index in [1.54, 1.807) is 0 Å². The molecule has 7 heteroatoms. The van der Waals surface area contributed by atoms with Crippen LogP contribution in [0.5, 0.6) is 0 Å². The molecule has 1 aliphatic rings. The number of aromatic nitrogens is 1. The van der Waals surface area contributed by atoms with Gasteiger partial charge >= 0.3 is 0 Å². The van der Waals surface area contributed by atoms with Crippen molar-refractivity contribution in [3.05, 3.63) is 23.8 Å². The lowest BCUT2D eigenvalue weighted by atomic mass is 9.99. The molecule has 26 heavy (non-hydrogen) atoms. The number of hydrogen-bond acceptors (Lipinski definition) is 5. The monoisotopic (exact) mass is 407 g/mol. The van der Waals surface area contributed by atoms with Crippen LogP contribution in [-0.4, -0.2) is 37.9 Å². The van der Waals surface area contributed by atoms with Crippen LogP contribution in [0.15, 0.2) is 18.2 Å². The first-order valence-corrected chi connectivity index (χ1v) is 11.3. The van der Waals surface area contributed by atoms with E-state index in [0.29, 0.717) is 23.0 Å². The number of anilines is 1. The van der Waals surface area contributed by atoms with E-state index in [9.17, 15) is 4.79 Å². The Labute approximate surface area is 168 Å². The number of hydrogen-bond donors (Lipinski definition) is 1. The zero-order valence-electron chi connectivity index (χ0n) is 15.4. The van der Waals surface area contributed by atoms with Gasteiger partial charge in [-0.2, -0.15) is 0 Å². The summed E-state index contributed by atoms with van der Waals surface area (Å²) in [5.74, 6) is 0.273. The third-order valence-corrected chi connectivity index (χ3v) is 7.20. The van der Waals surface area contributed by atoms with Crippen molar-refractivity contribution in [1.29, 1.82) is 0 Å². The number of rotatable bonds is 4. The Morgan fingerprint density at radius 3 is 2.81 bits per heavy atom. The number of carbonyl (C=O) groups is 1. The Morgan fingerprint density at radius 2 is 2.12 bits per heavy atom. The number of nitrogens with zero attached hydrogens (tertiary/aromatic N) is 2. The third kappa shape index (κ3) is 4.56. The second kappa shape index (κ2) is 8.67. The maximum absolute atomic E-state index is 12.3. The topological polar surface area (TPSA) is 45.2 Å². The van der Waals surface area contributed by atoms with Gasteiger partial charge < -0.3 is 10.2 Å². The summed E-state index contributed by atoms with van der Waals surface area (Å²) in [4.78, 5) is 19.1. The number of likely N-dealkylation sites (tertiary alicyclic amines) is 1. The second-order valence-corrected chi connectivity index (χ2v) is 9.45. The summed E-state index contributed by atoms with van der Waals surface area (Å²) in [6, 6.07) is 7.16.